The zero-order valence-electron chi connectivity index (χ0n) is 17.3. The van der Waals surface area contributed by atoms with Crippen LogP contribution in [0.1, 0.15) is 24.8 Å². The third kappa shape index (κ3) is 10.3. The zero-order valence-corrected chi connectivity index (χ0v) is 18.1. The molecule has 8 N–H and O–H groups in total. The number of carbonyl (C=O) groups is 4. The second kappa shape index (κ2) is 14.4. The third-order valence-corrected chi connectivity index (χ3v) is 4.82. The lowest BCUT2D eigenvalue weighted by Crippen LogP contribution is -2.57. The lowest BCUT2D eigenvalue weighted by Gasteiger charge is -2.23. The van der Waals surface area contributed by atoms with E-state index in [9.17, 15) is 19.2 Å². The molecule has 1 rings (SSSR count). The molecule has 0 aromatic heterocycles. The van der Waals surface area contributed by atoms with Crippen molar-refractivity contribution in [3.8, 4) is 0 Å². The molecule has 0 aliphatic carbocycles. The topological polar surface area (TPSA) is 177 Å². The molecule has 1 aromatic rings. The maximum Gasteiger partial charge on any atom is 0.322 e. The van der Waals surface area contributed by atoms with Gasteiger partial charge in [0.25, 0.3) is 0 Å². The predicted octanol–water partition coefficient (Wildman–Crippen LogP) is -1.21. The molecule has 0 radical (unpaired) electrons. The highest BCUT2D eigenvalue weighted by Crippen LogP contribution is 2.05. The Hall–Kier alpha value is -2.63. The fraction of sp³-hybridized carbons (Fsp3) is 0.500. The van der Waals surface area contributed by atoms with Crippen molar-refractivity contribution in [2.45, 2.75) is 43.8 Å². The number of thiol groups is 1. The second-order valence-electron chi connectivity index (χ2n) is 7.00. The molecule has 0 aliphatic rings. The summed E-state index contributed by atoms with van der Waals surface area (Å²) in [5.74, 6) is -2.99. The molecule has 11 heteroatoms. The molecule has 3 unspecified atom stereocenters. The van der Waals surface area contributed by atoms with Gasteiger partial charge < -0.3 is 32.5 Å². The maximum atomic E-state index is 12.7. The van der Waals surface area contributed by atoms with Crippen LogP contribution in [-0.4, -0.2) is 65.8 Å². The summed E-state index contributed by atoms with van der Waals surface area (Å²) in [6.45, 7) is -0.0763. The first-order chi connectivity index (χ1) is 14.8. The quantitative estimate of drug-likeness (QED) is 0.136. The van der Waals surface area contributed by atoms with E-state index in [4.69, 9.17) is 16.6 Å². The van der Waals surface area contributed by atoms with Crippen LogP contribution in [0.5, 0.6) is 0 Å². The molecule has 0 spiro atoms. The summed E-state index contributed by atoms with van der Waals surface area (Å²) >= 11 is 4.11. The standard InChI is InChI=1S/C20H31N5O5S/c21-9-5-4-8-14(22)18(28)25-16(12-31)20(30)24-15(19(29)23-11-17(26)27)10-13-6-2-1-3-7-13/h1-3,6-7,14-16,31H,4-5,8-12,21-22H2,(H,23,29)(H,24,30)(H,25,28)(H,26,27). The number of hydrogen-bond acceptors (Lipinski definition) is 7. The first-order valence-electron chi connectivity index (χ1n) is 9.99. The van der Waals surface area contributed by atoms with Crippen molar-refractivity contribution >= 4 is 36.3 Å². The van der Waals surface area contributed by atoms with E-state index in [1.54, 1.807) is 24.3 Å². The molecule has 0 saturated carbocycles. The summed E-state index contributed by atoms with van der Waals surface area (Å²) in [6.07, 6.45) is 2.00. The van der Waals surface area contributed by atoms with Crippen molar-refractivity contribution in [3.05, 3.63) is 35.9 Å². The average molecular weight is 454 g/mol. The lowest BCUT2D eigenvalue weighted by atomic mass is 10.0. The number of unbranched alkanes of at least 4 members (excludes halogenated alkanes) is 1. The van der Waals surface area contributed by atoms with Crippen molar-refractivity contribution in [3.63, 3.8) is 0 Å². The summed E-state index contributed by atoms with van der Waals surface area (Å²) in [5.41, 5.74) is 12.0. The minimum atomic E-state index is -1.21. The molecular formula is C20H31N5O5S. The Kier molecular flexibility index (Phi) is 12.3. The van der Waals surface area contributed by atoms with E-state index in [0.717, 1.165) is 12.0 Å². The van der Waals surface area contributed by atoms with Gasteiger partial charge in [0.2, 0.25) is 17.7 Å². The van der Waals surface area contributed by atoms with Gasteiger partial charge in [-0.15, -0.1) is 0 Å². The van der Waals surface area contributed by atoms with E-state index in [0.29, 0.717) is 19.4 Å². The van der Waals surface area contributed by atoms with Crippen LogP contribution in [0.4, 0.5) is 0 Å². The third-order valence-electron chi connectivity index (χ3n) is 4.45. The summed E-state index contributed by atoms with van der Waals surface area (Å²) < 4.78 is 0. The van der Waals surface area contributed by atoms with Gasteiger partial charge in [0.05, 0.1) is 6.04 Å². The highest BCUT2D eigenvalue weighted by Gasteiger charge is 2.27. The van der Waals surface area contributed by atoms with Crippen LogP contribution < -0.4 is 27.4 Å². The van der Waals surface area contributed by atoms with E-state index in [-0.39, 0.29) is 12.2 Å². The number of carboxylic acids is 1. The molecule has 0 saturated heterocycles. The molecule has 10 nitrogen and oxygen atoms in total. The van der Waals surface area contributed by atoms with Crippen molar-refractivity contribution in [1.82, 2.24) is 16.0 Å². The smallest absolute Gasteiger partial charge is 0.322 e. The minimum Gasteiger partial charge on any atom is -0.480 e. The van der Waals surface area contributed by atoms with Crippen LogP contribution in [-0.2, 0) is 25.6 Å². The molecule has 1 aromatic carbocycles. The fourth-order valence-electron chi connectivity index (χ4n) is 2.73. The summed E-state index contributed by atoms with van der Waals surface area (Å²) in [7, 11) is 0. The lowest BCUT2D eigenvalue weighted by molar-refractivity contribution is -0.138. The van der Waals surface area contributed by atoms with E-state index in [1.807, 2.05) is 6.07 Å². The van der Waals surface area contributed by atoms with Gasteiger partial charge in [-0.1, -0.05) is 36.8 Å². The molecule has 172 valence electrons. The number of carboxylic acid groups (broad SMARTS) is 1. The van der Waals surface area contributed by atoms with Crippen LogP contribution in [0.25, 0.3) is 0 Å². The largest absolute Gasteiger partial charge is 0.480 e. The minimum absolute atomic E-state index is 0.0120. The molecule has 0 bridgehead atoms. The highest BCUT2D eigenvalue weighted by atomic mass is 32.1. The fourth-order valence-corrected chi connectivity index (χ4v) is 2.99. The number of aliphatic carboxylic acids is 1. The van der Waals surface area contributed by atoms with Gasteiger partial charge in [0.1, 0.15) is 18.6 Å². The van der Waals surface area contributed by atoms with Crippen LogP contribution in [0, 0.1) is 0 Å². The van der Waals surface area contributed by atoms with E-state index >= 15 is 0 Å². The highest BCUT2D eigenvalue weighted by molar-refractivity contribution is 7.80. The number of nitrogens with two attached hydrogens (primary N) is 2. The van der Waals surface area contributed by atoms with Crippen molar-refractivity contribution in [2.24, 2.45) is 11.5 Å². The average Bonchev–Trinajstić information content (AvgIpc) is 2.75. The zero-order chi connectivity index (χ0) is 23.2. The predicted molar refractivity (Wildman–Crippen MR) is 119 cm³/mol. The van der Waals surface area contributed by atoms with Crippen molar-refractivity contribution in [2.75, 3.05) is 18.8 Å². The molecule has 31 heavy (non-hydrogen) atoms. The molecule has 0 heterocycles. The van der Waals surface area contributed by atoms with Crippen LogP contribution in [0.2, 0.25) is 0 Å². The second-order valence-corrected chi connectivity index (χ2v) is 7.36. The number of hydrogen-bond donors (Lipinski definition) is 7. The summed E-state index contributed by atoms with van der Waals surface area (Å²) in [4.78, 5) is 48.2. The Balaban J connectivity index is 2.79. The number of carbonyl (C=O) groups excluding carboxylic acids is 3. The Morgan fingerprint density at radius 2 is 1.61 bits per heavy atom. The number of amides is 3. The van der Waals surface area contributed by atoms with Crippen LogP contribution >= 0.6 is 12.6 Å². The van der Waals surface area contributed by atoms with Crippen molar-refractivity contribution < 1.29 is 24.3 Å². The Morgan fingerprint density at radius 1 is 0.968 bits per heavy atom. The van der Waals surface area contributed by atoms with Gasteiger partial charge in [0, 0.05) is 12.2 Å². The van der Waals surface area contributed by atoms with Gasteiger partial charge in [0.15, 0.2) is 0 Å². The van der Waals surface area contributed by atoms with Gasteiger partial charge in [-0.3, -0.25) is 19.2 Å². The first kappa shape index (κ1) is 26.4. The van der Waals surface area contributed by atoms with E-state index < -0.39 is 48.4 Å². The van der Waals surface area contributed by atoms with Crippen molar-refractivity contribution in [1.29, 1.82) is 0 Å². The van der Waals surface area contributed by atoms with Gasteiger partial charge >= 0.3 is 5.97 Å². The Bertz CT molecular complexity index is 734. The van der Waals surface area contributed by atoms with E-state index in [2.05, 4.69) is 28.6 Å². The normalized spacial score (nSPS) is 13.5. The summed E-state index contributed by atoms with van der Waals surface area (Å²) in [5, 5.41) is 16.2. The van der Waals surface area contributed by atoms with E-state index in [1.165, 1.54) is 0 Å². The monoisotopic (exact) mass is 453 g/mol. The van der Waals surface area contributed by atoms with Gasteiger partial charge in [-0.2, -0.15) is 12.6 Å². The Labute approximate surface area is 186 Å². The molecule has 0 aliphatic heterocycles. The van der Waals surface area contributed by atoms with Gasteiger partial charge in [-0.05, 0) is 24.9 Å². The van der Waals surface area contributed by atoms with Crippen LogP contribution in [0.15, 0.2) is 30.3 Å². The molecule has 0 fully saturated rings. The first-order valence-corrected chi connectivity index (χ1v) is 10.6. The van der Waals surface area contributed by atoms with Crippen LogP contribution in [0.3, 0.4) is 0 Å². The van der Waals surface area contributed by atoms with Gasteiger partial charge in [-0.25, -0.2) is 0 Å². The molecule has 3 atom stereocenters. The summed E-state index contributed by atoms with van der Waals surface area (Å²) in [6, 6.07) is 6.10. The SMILES string of the molecule is NCCCCC(N)C(=O)NC(CS)C(=O)NC(Cc1ccccc1)C(=O)NCC(=O)O. The number of nitrogens with one attached hydrogen (secondary N) is 3. The Morgan fingerprint density at radius 3 is 2.19 bits per heavy atom. The number of benzene rings is 1. The molecular weight excluding hydrogens is 422 g/mol. The maximum absolute atomic E-state index is 12.7. The molecule has 3 amide bonds. The number of rotatable bonds is 14.